The van der Waals surface area contributed by atoms with Crippen LogP contribution in [0.2, 0.25) is 5.02 Å². The molecule has 0 aromatic heterocycles. The molecule has 0 saturated heterocycles. The summed E-state index contributed by atoms with van der Waals surface area (Å²) >= 11 is 6.91. The van der Waals surface area contributed by atoms with Crippen molar-refractivity contribution in [3.05, 3.63) is 45.5 Å². The Balaban J connectivity index is 2.41. The molecule has 1 aliphatic heterocycles. The molecule has 0 fully saturated rings. The molecule has 0 spiro atoms. The number of carbonyl (C=O) groups is 3. The van der Waals surface area contributed by atoms with Crippen LogP contribution in [-0.2, 0) is 23.9 Å². The lowest BCUT2D eigenvalue weighted by Gasteiger charge is -2.30. The van der Waals surface area contributed by atoms with E-state index in [2.05, 4.69) is 11.4 Å². The summed E-state index contributed by atoms with van der Waals surface area (Å²) < 4.78 is 9.78. The van der Waals surface area contributed by atoms with E-state index < -0.39 is 29.7 Å². The smallest absolute Gasteiger partial charge is 0.319 e. The number of amides is 1. The Kier molecular flexibility index (Phi) is 7.91. The van der Waals surface area contributed by atoms with Crippen molar-refractivity contribution < 1.29 is 23.9 Å². The molecule has 0 aliphatic carbocycles. The van der Waals surface area contributed by atoms with Gasteiger partial charge in [0, 0.05) is 10.9 Å². The standard InChI is InChI=1S/C19H19ClN2O5S/c1-3-8-27-14(23)10-28-18-13(9-21)15(11-4-6-12(20)7-5-11)16(17(24)22-18)19(25)26-2/h4-7,15-16H,3,8,10H2,1-2H3,(H,22,24). The normalized spacial score (nSPS) is 18.9. The molecule has 1 amide bonds. The molecule has 28 heavy (non-hydrogen) atoms. The summed E-state index contributed by atoms with van der Waals surface area (Å²) in [7, 11) is 1.18. The second-order valence-electron chi connectivity index (χ2n) is 5.88. The number of esters is 2. The third kappa shape index (κ3) is 5.06. The van der Waals surface area contributed by atoms with E-state index >= 15 is 0 Å². The molecule has 2 rings (SSSR count). The maximum atomic E-state index is 12.6. The van der Waals surface area contributed by atoms with Crippen molar-refractivity contribution in [3.8, 4) is 6.07 Å². The summed E-state index contributed by atoms with van der Waals surface area (Å²) in [5, 5.41) is 13.0. The van der Waals surface area contributed by atoms with Crippen molar-refractivity contribution in [1.29, 1.82) is 5.26 Å². The first kappa shape index (κ1) is 21.8. The third-order valence-corrected chi connectivity index (χ3v) is 5.26. The number of nitriles is 1. The van der Waals surface area contributed by atoms with E-state index in [0.717, 1.165) is 11.8 Å². The Labute approximate surface area is 172 Å². The van der Waals surface area contributed by atoms with Crippen LogP contribution >= 0.6 is 23.4 Å². The number of benzene rings is 1. The molecular weight excluding hydrogens is 404 g/mol. The molecule has 1 aromatic carbocycles. The zero-order valence-electron chi connectivity index (χ0n) is 15.4. The van der Waals surface area contributed by atoms with Crippen LogP contribution in [0.4, 0.5) is 0 Å². The number of ether oxygens (including phenoxy) is 2. The highest BCUT2D eigenvalue weighted by Crippen LogP contribution is 2.40. The van der Waals surface area contributed by atoms with Crippen LogP contribution in [-0.4, -0.2) is 37.3 Å². The predicted molar refractivity (Wildman–Crippen MR) is 104 cm³/mol. The van der Waals surface area contributed by atoms with E-state index in [1.165, 1.54) is 7.11 Å². The summed E-state index contributed by atoms with van der Waals surface area (Å²) in [6, 6.07) is 8.59. The molecule has 9 heteroatoms. The van der Waals surface area contributed by atoms with E-state index in [1.807, 2.05) is 6.92 Å². The molecule has 1 N–H and O–H groups in total. The highest BCUT2D eigenvalue weighted by Gasteiger charge is 2.44. The number of carbonyl (C=O) groups excluding carboxylic acids is 3. The van der Waals surface area contributed by atoms with Gasteiger partial charge >= 0.3 is 11.9 Å². The molecule has 0 bridgehead atoms. The quantitative estimate of drug-likeness (QED) is 0.532. The molecular formula is C19H19ClN2O5S. The highest BCUT2D eigenvalue weighted by molar-refractivity contribution is 8.03. The Morgan fingerprint density at radius 2 is 2.00 bits per heavy atom. The fourth-order valence-electron chi connectivity index (χ4n) is 2.74. The lowest BCUT2D eigenvalue weighted by molar-refractivity contribution is -0.150. The maximum absolute atomic E-state index is 12.6. The summed E-state index contributed by atoms with van der Waals surface area (Å²) in [6.07, 6.45) is 0.693. The van der Waals surface area contributed by atoms with Gasteiger partial charge in [0.1, 0.15) is 5.92 Å². The van der Waals surface area contributed by atoms with Crippen molar-refractivity contribution in [2.45, 2.75) is 19.3 Å². The van der Waals surface area contributed by atoms with Gasteiger partial charge in [-0.1, -0.05) is 42.4 Å². The number of allylic oxidation sites excluding steroid dienone is 1. The van der Waals surface area contributed by atoms with Crippen LogP contribution < -0.4 is 5.32 Å². The minimum atomic E-state index is -1.22. The SMILES string of the molecule is CCCOC(=O)CSC1=C(C#N)C(c2ccc(Cl)cc2)C(C(=O)OC)C(=O)N1. The number of halogens is 1. The Morgan fingerprint density at radius 1 is 1.32 bits per heavy atom. The average molecular weight is 423 g/mol. The van der Waals surface area contributed by atoms with Crippen LogP contribution in [0.1, 0.15) is 24.8 Å². The van der Waals surface area contributed by atoms with Crippen molar-refractivity contribution in [2.24, 2.45) is 5.92 Å². The number of hydrogen-bond acceptors (Lipinski definition) is 7. The van der Waals surface area contributed by atoms with Crippen molar-refractivity contribution in [1.82, 2.24) is 5.32 Å². The third-order valence-electron chi connectivity index (χ3n) is 4.01. The molecule has 2 unspecified atom stereocenters. The van der Waals surface area contributed by atoms with Crippen LogP contribution in [0.15, 0.2) is 34.9 Å². The first-order valence-electron chi connectivity index (χ1n) is 8.49. The molecule has 1 aromatic rings. The fraction of sp³-hybridized carbons (Fsp3) is 0.368. The largest absolute Gasteiger partial charge is 0.468 e. The summed E-state index contributed by atoms with van der Waals surface area (Å²) in [6.45, 7) is 2.18. The Morgan fingerprint density at radius 3 is 2.57 bits per heavy atom. The first-order valence-corrected chi connectivity index (χ1v) is 9.86. The molecule has 148 valence electrons. The number of rotatable bonds is 7. The van der Waals surface area contributed by atoms with Crippen LogP contribution in [0, 0.1) is 17.2 Å². The molecule has 2 atom stereocenters. The second-order valence-corrected chi connectivity index (χ2v) is 7.31. The fourth-order valence-corrected chi connectivity index (χ4v) is 3.71. The van der Waals surface area contributed by atoms with Gasteiger partial charge < -0.3 is 14.8 Å². The molecule has 0 radical (unpaired) electrons. The van der Waals surface area contributed by atoms with Crippen LogP contribution in [0.25, 0.3) is 0 Å². The second kappa shape index (κ2) is 10.2. The maximum Gasteiger partial charge on any atom is 0.319 e. The van der Waals surface area contributed by atoms with Gasteiger partial charge in [-0.05, 0) is 24.1 Å². The topological polar surface area (TPSA) is 105 Å². The van der Waals surface area contributed by atoms with Gasteiger partial charge in [0.25, 0.3) is 0 Å². The lowest BCUT2D eigenvalue weighted by Crippen LogP contribution is -2.44. The number of methoxy groups -OCH3 is 1. The lowest BCUT2D eigenvalue weighted by atomic mass is 9.78. The zero-order chi connectivity index (χ0) is 20.7. The van der Waals surface area contributed by atoms with E-state index in [1.54, 1.807) is 24.3 Å². The Hall–Kier alpha value is -2.50. The molecule has 1 aliphatic rings. The summed E-state index contributed by atoms with van der Waals surface area (Å²) in [5.41, 5.74) is 0.739. The minimum absolute atomic E-state index is 0.0724. The number of nitrogens with one attached hydrogen (secondary N) is 1. The van der Waals surface area contributed by atoms with Gasteiger partial charge in [-0.3, -0.25) is 14.4 Å². The average Bonchev–Trinajstić information content (AvgIpc) is 2.70. The number of nitrogens with zero attached hydrogens (tertiary/aromatic N) is 1. The first-order chi connectivity index (χ1) is 13.4. The molecule has 1 heterocycles. The molecule has 7 nitrogen and oxygen atoms in total. The minimum Gasteiger partial charge on any atom is -0.468 e. The molecule has 0 saturated carbocycles. The van der Waals surface area contributed by atoms with Crippen molar-refractivity contribution in [3.63, 3.8) is 0 Å². The van der Waals surface area contributed by atoms with E-state index in [-0.39, 0.29) is 16.4 Å². The van der Waals surface area contributed by atoms with E-state index in [9.17, 15) is 19.6 Å². The van der Waals surface area contributed by atoms with Gasteiger partial charge in [-0.15, -0.1) is 0 Å². The van der Waals surface area contributed by atoms with Gasteiger partial charge in [0.05, 0.1) is 36.1 Å². The highest BCUT2D eigenvalue weighted by atomic mass is 35.5. The summed E-state index contributed by atoms with van der Waals surface area (Å²) in [4.78, 5) is 36.7. The predicted octanol–water partition coefficient (Wildman–Crippen LogP) is 2.76. The van der Waals surface area contributed by atoms with Gasteiger partial charge in [0.15, 0.2) is 0 Å². The zero-order valence-corrected chi connectivity index (χ0v) is 16.9. The monoisotopic (exact) mass is 422 g/mol. The van der Waals surface area contributed by atoms with E-state index in [0.29, 0.717) is 23.6 Å². The van der Waals surface area contributed by atoms with Gasteiger partial charge in [-0.25, -0.2) is 0 Å². The van der Waals surface area contributed by atoms with Crippen LogP contribution in [0.3, 0.4) is 0 Å². The Bertz CT molecular complexity index is 832. The van der Waals surface area contributed by atoms with E-state index in [4.69, 9.17) is 21.1 Å². The van der Waals surface area contributed by atoms with Crippen molar-refractivity contribution >= 4 is 41.2 Å². The van der Waals surface area contributed by atoms with Gasteiger partial charge in [-0.2, -0.15) is 5.26 Å². The summed E-state index contributed by atoms with van der Waals surface area (Å²) in [5.74, 6) is -3.96. The number of thioether (sulfide) groups is 1. The van der Waals surface area contributed by atoms with Crippen LogP contribution in [0.5, 0.6) is 0 Å². The number of hydrogen-bond donors (Lipinski definition) is 1. The van der Waals surface area contributed by atoms with Crippen molar-refractivity contribution in [2.75, 3.05) is 19.5 Å². The van der Waals surface area contributed by atoms with Gasteiger partial charge in [0.2, 0.25) is 5.91 Å².